The van der Waals surface area contributed by atoms with Crippen LogP contribution in [0.1, 0.15) is 50.4 Å². The molecule has 0 N–H and O–H groups in total. The lowest BCUT2D eigenvalue weighted by molar-refractivity contribution is 0.0526. The Balaban J connectivity index is 1.62. The second-order valence-electron chi connectivity index (χ2n) is 8.28. The van der Waals surface area contributed by atoms with E-state index in [9.17, 15) is 13.2 Å². The van der Waals surface area contributed by atoms with Crippen molar-refractivity contribution in [2.24, 2.45) is 11.8 Å². The fourth-order valence-corrected chi connectivity index (χ4v) is 6.05. The molecule has 2 aliphatic rings. The van der Waals surface area contributed by atoms with Crippen LogP contribution >= 0.6 is 0 Å². The van der Waals surface area contributed by atoms with E-state index in [-0.39, 0.29) is 4.90 Å². The maximum Gasteiger partial charge on any atom is 0.338 e. The monoisotopic (exact) mass is 408 g/mol. The molecule has 0 unspecified atom stereocenters. The van der Waals surface area contributed by atoms with Crippen LogP contribution < -0.4 is 0 Å². The van der Waals surface area contributed by atoms with E-state index in [1.807, 2.05) is 0 Å². The average Bonchev–Trinajstić information content (AvgIpc) is 2.67. The van der Waals surface area contributed by atoms with Gasteiger partial charge in [-0.3, -0.25) is 4.90 Å². The van der Waals surface area contributed by atoms with E-state index in [1.54, 1.807) is 11.2 Å². The molecule has 2 aliphatic heterocycles. The van der Waals surface area contributed by atoms with Gasteiger partial charge in [-0.05, 0) is 62.3 Å². The maximum atomic E-state index is 13.0. The first-order valence-corrected chi connectivity index (χ1v) is 11.8. The van der Waals surface area contributed by atoms with Crippen molar-refractivity contribution >= 4 is 16.0 Å². The molecule has 7 heteroatoms. The van der Waals surface area contributed by atoms with E-state index >= 15 is 0 Å². The van der Waals surface area contributed by atoms with E-state index in [0.29, 0.717) is 43.1 Å². The van der Waals surface area contributed by atoms with Crippen molar-refractivity contribution in [2.45, 2.75) is 51.0 Å². The number of benzene rings is 1. The molecule has 2 atom stereocenters. The molecule has 3 rings (SSSR count). The van der Waals surface area contributed by atoms with E-state index < -0.39 is 16.0 Å². The minimum absolute atomic E-state index is 0.235. The Morgan fingerprint density at radius 2 is 1.64 bits per heavy atom. The molecular weight excluding hydrogens is 376 g/mol. The number of carbonyl (C=O) groups is 1. The summed E-state index contributed by atoms with van der Waals surface area (Å²) in [6, 6.07) is 6.52. The van der Waals surface area contributed by atoms with Crippen LogP contribution in [0.4, 0.5) is 0 Å². The fraction of sp³-hybridized carbons (Fsp3) is 0.667. The van der Waals surface area contributed by atoms with Gasteiger partial charge in [-0.1, -0.05) is 13.8 Å². The van der Waals surface area contributed by atoms with Gasteiger partial charge in [0.1, 0.15) is 0 Å². The lowest BCUT2D eigenvalue weighted by Crippen LogP contribution is -2.50. The molecule has 0 radical (unpaired) electrons. The summed E-state index contributed by atoms with van der Waals surface area (Å²) >= 11 is 0. The number of likely N-dealkylation sites (tertiary alicyclic amines) is 1. The maximum absolute atomic E-state index is 13.0. The number of rotatable bonds is 5. The summed E-state index contributed by atoms with van der Waals surface area (Å²) in [7, 11) is -3.53. The summed E-state index contributed by atoms with van der Waals surface area (Å²) in [6.07, 6.45) is 3.03. The normalized spacial score (nSPS) is 25.5. The zero-order valence-corrected chi connectivity index (χ0v) is 18.0. The molecule has 1 aromatic carbocycles. The van der Waals surface area contributed by atoms with Crippen LogP contribution in [0.3, 0.4) is 0 Å². The second-order valence-corrected chi connectivity index (χ2v) is 10.2. The van der Waals surface area contributed by atoms with Crippen molar-refractivity contribution in [1.82, 2.24) is 9.21 Å². The third-order valence-electron chi connectivity index (χ3n) is 5.84. The molecular formula is C21H32N2O4S. The molecule has 1 aromatic rings. The summed E-state index contributed by atoms with van der Waals surface area (Å²) in [5.74, 6) is 0.990. The van der Waals surface area contributed by atoms with Gasteiger partial charge in [0.25, 0.3) is 0 Å². The standard InChI is InChI=1S/C21H32N2O4S/c1-4-27-21(24)18-5-7-20(8-6-18)28(25,26)23-11-9-19(10-12-23)22-14-16(2)13-17(3)15-22/h5-8,16-17,19H,4,9-15H2,1-3H3/t16-,17-/m0/s1. The summed E-state index contributed by atoms with van der Waals surface area (Å²) in [6.45, 7) is 9.99. The number of esters is 1. The smallest absolute Gasteiger partial charge is 0.338 e. The van der Waals surface area contributed by atoms with Crippen molar-refractivity contribution in [1.29, 1.82) is 0 Å². The number of hydrogen-bond donors (Lipinski definition) is 0. The Morgan fingerprint density at radius 1 is 1.07 bits per heavy atom. The van der Waals surface area contributed by atoms with E-state index in [4.69, 9.17) is 4.74 Å². The van der Waals surface area contributed by atoms with Crippen molar-refractivity contribution in [2.75, 3.05) is 32.8 Å². The van der Waals surface area contributed by atoms with Gasteiger partial charge in [-0.2, -0.15) is 4.31 Å². The van der Waals surface area contributed by atoms with Gasteiger partial charge >= 0.3 is 5.97 Å². The van der Waals surface area contributed by atoms with Crippen LogP contribution in [0, 0.1) is 11.8 Å². The number of hydrogen-bond acceptors (Lipinski definition) is 5. The number of ether oxygens (including phenoxy) is 1. The van der Waals surface area contributed by atoms with Gasteiger partial charge in [0.15, 0.2) is 0 Å². The third kappa shape index (κ3) is 4.75. The lowest BCUT2D eigenvalue weighted by atomic mass is 9.89. The van der Waals surface area contributed by atoms with E-state index in [2.05, 4.69) is 18.7 Å². The van der Waals surface area contributed by atoms with Gasteiger partial charge in [-0.15, -0.1) is 0 Å². The van der Waals surface area contributed by atoms with Crippen LogP contribution in [0.25, 0.3) is 0 Å². The minimum atomic E-state index is -3.53. The highest BCUT2D eigenvalue weighted by Crippen LogP contribution is 2.28. The van der Waals surface area contributed by atoms with Crippen molar-refractivity contribution in [3.63, 3.8) is 0 Å². The molecule has 0 saturated carbocycles. The Morgan fingerprint density at radius 3 is 2.18 bits per heavy atom. The summed E-state index contributed by atoms with van der Waals surface area (Å²) in [5, 5.41) is 0. The molecule has 28 heavy (non-hydrogen) atoms. The molecule has 6 nitrogen and oxygen atoms in total. The Labute approximate surface area is 168 Å². The van der Waals surface area contributed by atoms with Crippen LogP contribution in [0.5, 0.6) is 0 Å². The predicted octanol–water partition coefficient (Wildman–Crippen LogP) is 2.99. The number of carbonyl (C=O) groups excluding carboxylic acids is 1. The van der Waals surface area contributed by atoms with E-state index in [0.717, 1.165) is 25.9 Å². The largest absolute Gasteiger partial charge is 0.462 e. The Bertz CT molecular complexity index is 760. The zero-order chi connectivity index (χ0) is 20.3. The Kier molecular flexibility index (Phi) is 6.78. The summed E-state index contributed by atoms with van der Waals surface area (Å²) in [5.41, 5.74) is 0.368. The first-order valence-electron chi connectivity index (χ1n) is 10.3. The van der Waals surface area contributed by atoms with Gasteiger partial charge in [0.05, 0.1) is 17.1 Å². The molecule has 2 fully saturated rings. The SMILES string of the molecule is CCOC(=O)c1ccc(S(=O)(=O)N2CCC(N3C[C@@H](C)C[C@H](C)C3)CC2)cc1. The molecule has 0 amide bonds. The topological polar surface area (TPSA) is 66.9 Å². The average molecular weight is 409 g/mol. The quantitative estimate of drug-likeness (QED) is 0.701. The van der Waals surface area contributed by atoms with Crippen LogP contribution in [0.15, 0.2) is 29.2 Å². The van der Waals surface area contributed by atoms with Crippen LogP contribution in [-0.4, -0.2) is 62.4 Å². The van der Waals surface area contributed by atoms with Crippen molar-refractivity contribution in [3.05, 3.63) is 29.8 Å². The molecule has 0 aromatic heterocycles. The van der Waals surface area contributed by atoms with Gasteiger partial charge in [-0.25, -0.2) is 13.2 Å². The van der Waals surface area contributed by atoms with Gasteiger partial charge < -0.3 is 4.74 Å². The number of nitrogens with zero attached hydrogens (tertiary/aromatic N) is 2. The van der Waals surface area contributed by atoms with Gasteiger partial charge in [0, 0.05) is 32.2 Å². The van der Waals surface area contributed by atoms with Crippen LogP contribution in [-0.2, 0) is 14.8 Å². The molecule has 0 bridgehead atoms. The highest BCUT2D eigenvalue weighted by atomic mass is 32.2. The first-order chi connectivity index (χ1) is 13.3. The third-order valence-corrected chi connectivity index (χ3v) is 7.75. The first kappa shape index (κ1) is 21.3. The Hall–Kier alpha value is -1.44. The number of sulfonamides is 1. The fourth-order valence-electron chi connectivity index (χ4n) is 4.58. The molecule has 156 valence electrons. The van der Waals surface area contributed by atoms with Crippen molar-refractivity contribution in [3.8, 4) is 0 Å². The number of piperidine rings is 2. The predicted molar refractivity (Wildman–Crippen MR) is 109 cm³/mol. The van der Waals surface area contributed by atoms with Crippen molar-refractivity contribution < 1.29 is 17.9 Å². The lowest BCUT2D eigenvalue weighted by Gasteiger charge is -2.43. The zero-order valence-electron chi connectivity index (χ0n) is 17.1. The second kappa shape index (κ2) is 8.93. The van der Waals surface area contributed by atoms with E-state index in [1.165, 1.54) is 30.7 Å². The minimum Gasteiger partial charge on any atom is -0.462 e. The summed E-state index contributed by atoms with van der Waals surface area (Å²) in [4.78, 5) is 14.6. The molecule has 2 heterocycles. The van der Waals surface area contributed by atoms with Gasteiger partial charge in [0.2, 0.25) is 10.0 Å². The highest BCUT2D eigenvalue weighted by Gasteiger charge is 2.34. The van der Waals surface area contributed by atoms with Crippen LogP contribution in [0.2, 0.25) is 0 Å². The molecule has 2 saturated heterocycles. The summed E-state index contributed by atoms with van der Waals surface area (Å²) < 4.78 is 32.5. The highest BCUT2D eigenvalue weighted by molar-refractivity contribution is 7.89. The molecule has 0 aliphatic carbocycles. The molecule has 0 spiro atoms.